The van der Waals surface area contributed by atoms with Crippen LogP contribution in [0.25, 0.3) is 0 Å². The topological polar surface area (TPSA) is 120 Å². The number of aliphatic hydroxyl groups is 1. The van der Waals surface area contributed by atoms with Gasteiger partial charge in [0.15, 0.2) is 23.1 Å². The van der Waals surface area contributed by atoms with Crippen molar-refractivity contribution in [3.05, 3.63) is 96.1 Å². The molecule has 10 nitrogen and oxygen atoms in total. The van der Waals surface area contributed by atoms with Gasteiger partial charge in [-0.3, -0.25) is 10.2 Å². The van der Waals surface area contributed by atoms with Crippen molar-refractivity contribution < 1.29 is 33.6 Å². The smallest absolute Gasteiger partial charge is 0.266 e. The van der Waals surface area contributed by atoms with Crippen LogP contribution in [0.5, 0.6) is 23.0 Å². The molecule has 1 amide bonds. The molecule has 3 N–H and O–H groups in total. The first-order valence-electron chi connectivity index (χ1n) is 14.1. The van der Waals surface area contributed by atoms with Gasteiger partial charge in [0.05, 0.1) is 27.9 Å². The van der Waals surface area contributed by atoms with Crippen LogP contribution in [-0.4, -0.2) is 63.5 Å². The van der Waals surface area contributed by atoms with Crippen LogP contribution < -0.4 is 29.8 Å². The van der Waals surface area contributed by atoms with Crippen LogP contribution in [0.1, 0.15) is 35.6 Å². The molecule has 2 atom stereocenters. The minimum Gasteiger partial charge on any atom is -0.497 e. The zero-order valence-corrected chi connectivity index (χ0v) is 24.8. The highest BCUT2D eigenvalue weighted by Gasteiger charge is 2.52. The third-order valence-corrected chi connectivity index (χ3v) is 7.07. The number of nitrogens with zero attached hydrogens (tertiary/aromatic N) is 1. The number of methoxy groups -OCH3 is 3. The normalized spacial score (nSPS) is 17.4. The lowest BCUT2D eigenvalue weighted by atomic mass is 9.84. The molecule has 0 radical (unpaired) electrons. The fraction of sp³-hybridized carbons (Fsp3) is 0.333. The summed E-state index contributed by atoms with van der Waals surface area (Å²) in [6.07, 6.45) is 2.32. The highest BCUT2D eigenvalue weighted by Crippen LogP contribution is 2.43. The molecule has 0 aromatic heterocycles. The quantitative estimate of drug-likeness (QED) is 0.129. The van der Waals surface area contributed by atoms with Crippen LogP contribution in [0.2, 0.25) is 0 Å². The summed E-state index contributed by atoms with van der Waals surface area (Å²) in [6.45, 7) is 4.85. The van der Waals surface area contributed by atoms with E-state index in [9.17, 15) is 4.79 Å². The molecule has 3 aromatic rings. The first-order valence-corrected chi connectivity index (χ1v) is 14.1. The molecule has 0 spiro atoms. The molecule has 10 heteroatoms. The molecular formula is C33H39N3O7. The average molecular weight is 590 g/mol. The second-order valence-electron chi connectivity index (χ2n) is 9.88. The van der Waals surface area contributed by atoms with Gasteiger partial charge in [-0.05, 0) is 66.1 Å². The summed E-state index contributed by atoms with van der Waals surface area (Å²) in [6, 6.07) is 20.4. The number of aliphatic imine (C=N–C) groups is 1. The molecule has 0 saturated heterocycles. The van der Waals surface area contributed by atoms with Crippen molar-refractivity contribution in [1.82, 2.24) is 10.9 Å². The molecule has 1 aliphatic rings. The number of nitrogens with one attached hydrogen (secondary N) is 2. The number of amides is 1. The standard InChI is InChI=1S/C33H39N3O7/c1-5-17-33(32(38)36-34-18-16-23-10-15-28(40-3)29(21-23)41-4)30(25-8-6-9-27(22-25)39-2)43-31(35-33)24-11-13-26(14-12-24)42-20-7-19-37/h5-6,8-15,21-22,30,34,37H,1,7,16-20H2,2-4H3,(H,36,38)/t30-,33-/m0/s1. The molecule has 1 aliphatic heterocycles. The number of carbonyl (C=O) groups excluding carboxylic acids is 1. The van der Waals surface area contributed by atoms with Crippen molar-refractivity contribution in [3.8, 4) is 23.0 Å². The predicted octanol–water partition coefficient (Wildman–Crippen LogP) is 4.17. The summed E-state index contributed by atoms with van der Waals surface area (Å²) in [5.74, 6) is 2.57. The molecule has 228 valence electrons. The highest BCUT2D eigenvalue weighted by atomic mass is 16.5. The van der Waals surface area contributed by atoms with Crippen LogP contribution in [0, 0.1) is 0 Å². The summed E-state index contributed by atoms with van der Waals surface area (Å²) in [7, 11) is 4.78. The number of ether oxygens (including phenoxy) is 5. The number of aliphatic hydroxyl groups excluding tert-OH is 1. The zero-order chi connectivity index (χ0) is 30.7. The van der Waals surface area contributed by atoms with Crippen molar-refractivity contribution in [3.63, 3.8) is 0 Å². The third-order valence-electron chi connectivity index (χ3n) is 7.07. The van der Waals surface area contributed by atoms with E-state index in [2.05, 4.69) is 17.4 Å². The Bertz CT molecular complexity index is 1410. The molecule has 1 heterocycles. The van der Waals surface area contributed by atoms with Gasteiger partial charge in [0.1, 0.15) is 11.5 Å². The Morgan fingerprint density at radius 3 is 2.51 bits per heavy atom. The van der Waals surface area contributed by atoms with Gasteiger partial charge in [0.25, 0.3) is 5.91 Å². The number of hydrogen-bond donors (Lipinski definition) is 3. The molecule has 0 saturated carbocycles. The van der Waals surface area contributed by atoms with E-state index in [4.69, 9.17) is 33.8 Å². The Hall–Kier alpha value is -4.54. The van der Waals surface area contributed by atoms with E-state index in [-0.39, 0.29) is 18.9 Å². The lowest BCUT2D eigenvalue weighted by molar-refractivity contribution is -0.129. The first-order chi connectivity index (χ1) is 21.0. The van der Waals surface area contributed by atoms with E-state index in [1.807, 2.05) is 66.7 Å². The van der Waals surface area contributed by atoms with Crippen LogP contribution in [0.15, 0.2) is 84.4 Å². The summed E-state index contributed by atoms with van der Waals surface area (Å²) in [5, 5.41) is 9.01. The average Bonchev–Trinajstić information content (AvgIpc) is 3.44. The summed E-state index contributed by atoms with van der Waals surface area (Å²) in [4.78, 5) is 18.9. The second kappa shape index (κ2) is 15.1. The Morgan fingerprint density at radius 2 is 1.81 bits per heavy atom. The molecule has 0 fully saturated rings. The molecule has 0 aliphatic carbocycles. The minimum absolute atomic E-state index is 0.0624. The maximum Gasteiger partial charge on any atom is 0.266 e. The molecular weight excluding hydrogens is 550 g/mol. The molecule has 4 rings (SSSR count). The first kappa shape index (κ1) is 31.4. The van der Waals surface area contributed by atoms with Crippen LogP contribution in [0.3, 0.4) is 0 Å². The maximum absolute atomic E-state index is 14.0. The van der Waals surface area contributed by atoms with Gasteiger partial charge in [0.2, 0.25) is 5.90 Å². The summed E-state index contributed by atoms with van der Waals surface area (Å²) in [5.41, 5.74) is 7.03. The van der Waals surface area contributed by atoms with Crippen molar-refractivity contribution >= 4 is 11.8 Å². The van der Waals surface area contributed by atoms with Gasteiger partial charge in [-0.1, -0.05) is 24.3 Å². The molecule has 43 heavy (non-hydrogen) atoms. The van der Waals surface area contributed by atoms with Crippen molar-refractivity contribution in [2.24, 2.45) is 4.99 Å². The Labute approximate surface area is 252 Å². The Kier molecular flexibility index (Phi) is 11.0. The molecule has 0 bridgehead atoms. The molecule has 0 unspecified atom stereocenters. The van der Waals surface area contributed by atoms with Crippen molar-refractivity contribution in [1.29, 1.82) is 0 Å². The summed E-state index contributed by atoms with van der Waals surface area (Å²) >= 11 is 0. The molecule has 3 aromatic carbocycles. The number of benzene rings is 3. The van der Waals surface area contributed by atoms with Crippen molar-refractivity contribution in [2.45, 2.75) is 30.9 Å². The Balaban J connectivity index is 1.56. The second-order valence-corrected chi connectivity index (χ2v) is 9.88. The third kappa shape index (κ3) is 7.46. The van der Waals surface area contributed by atoms with Gasteiger partial charge in [0, 0.05) is 31.6 Å². The number of hydrazine groups is 1. The minimum atomic E-state index is -1.34. The van der Waals surface area contributed by atoms with E-state index in [1.54, 1.807) is 27.4 Å². The monoisotopic (exact) mass is 589 g/mol. The van der Waals surface area contributed by atoms with E-state index in [1.165, 1.54) is 0 Å². The largest absolute Gasteiger partial charge is 0.497 e. The van der Waals surface area contributed by atoms with E-state index in [0.29, 0.717) is 60.5 Å². The van der Waals surface area contributed by atoms with E-state index >= 15 is 0 Å². The summed E-state index contributed by atoms with van der Waals surface area (Å²) < 4.78 is 28.3. The van der Waals surface area contributed by atoms with Crippen molar-refractivity contribution in [2.75, 3.05) is 41.1 Å². The van der Waals surface area contributed by atoms with Crippen LogP contribution in [-0.2, 0) is 16.0 Å². The van der Waals surface area contributed by atoms with Gasteiger partial charge in [-0.15, -0.1) is 6.58 Å². The van der Waals surface area contributed by atoms with E-state index < -0.39 is 11.6 Å². The zero-order valence-electron chi connectivity index (χ0n) is 24.8. The SMILES string of the molecule is C=CC[C@]1(C(=O)NNCCc2ccc(OC)c(OC)c2)N=C(c2ccc(OCCCO)cc2)O[C@H]1c1cccc(OC)c1. The lowest BCUT2D eigenvalue weighted by Gasteiger charge is -2.29. The fourth-order valence-electron chi connectivity index (χ4n) is 4.83. The predicted molar refractivity (Wildman–Crippen MR) is 164 cm³/mol. The van der Waals surface area contributed by atoms with Crippen LogP contribution in [0.4, 0.5) is 0 Å². The number of carbonyl (C=O) groups is 1. The number of hydrogen-bond acceptors (Lipinski definition) is 9. The Morgan fingerprint density at radius 1 is 1.02 bits per heavy atom. The number of rotatable bonds is 16. The maximum atomic E-state index is 14.0. The lowest BCUT2D eigenvalue weighted by Crippen LogP contribution is -2.52. The fourth-order valence-corrected chi connectivity index (χ4v) is 4.83. The van der Waals surface area contributed by atoms with Gasteiger partial charge >= 0.3 is 0 Å². The van der Waals surface area contributed by atoms with E-state index in [0.717, 1.165) is 11.1 Å². The van der Waals surface area contributed by atoms with Gasteiger partial charge < -0.3 is 28.8 Å². The van der Waals surface area contributed by atoms with Crippen LogP contribution >= 0.6 is 0 Å². The van der Waals surface area contributed by atoms with Gasteiger partial charge in [-0.25, -0.2) is 10.4 Å². The highest BCUT2D eigenvalue weighted by molar-refractivity contribution is 6.01. The van der Waals surface area contributed by atoms with Gasteiger partial charge in [-0.2, -0.15) is 0 Å².